The Bertz CT molecular complexity index is 667. The molecule has 1 amide bonds. The summed E-state index contributed by atoms with van der Waals surface area (Å²) in [6.45, 7) is 5.11. The molecule has 1 fully saturated rings. The molecule has 0 bridgehead atoms. The van der Waals surface area contributed by atoms with Gasteiger partial charge in [-0.25, -0.2) is 4.68 Å². The number of ether oxygens (including phenoxy) is 1. The molecule has 1 aliphatic rings. The molecule has 1 N–H and O–H groups in total. The van der Waals surface area contributed by atoms with E-state index in [1.807, 2.05) is 12.1 Å². The second-order valence-electron chi connectivity index (χ2n) is 6.48. The molecule has 1 aromatic heterocycles. The van der Waals surface area contributed by atoms with E-state index in [-0.39, 0.29) is 18.1 Å². The zero-order valence-corrected chi connectivity index (χ0v) is 14.8. The van der Waals surface area contributed by atoms with Crippen LogP contribution in [0.4, 0.5) is 0 Å². The van der Waals surface area contributed by atoms with Crippen molar-refractivity contribution in [3.05, 3.63) is 36.2 Å². The van der Waals surface area contributed by atoms with Gasteiger partial charge in [0.05, 0.1) is 11.8 Å². The van der Waals surface area contributed by atoms with Crippen molar-refractivity contribution in [2.24, 2.45) is 5.92 Å². The average Bonchev–Trinajstić information content (AvgIpc) is 3.18. The van der Waals surface area contributed by atoms with Gasteiger partial charge < -0.3 is 10.1 Å². The average molecular weight is 343 g/mol. The fraction of sp³-hybridized carbons (Fsp3) is 0.556. The molecule has 1 saturated heterocycles. The number of aromatic nitrogens is 4. The van der Waals surface area contributed by atoms with Gasteiger partial charge in [-0.15, -0.1) is 5.10 Å². The zero-order chi connectivity index (χ0) is 17.6. The van der Waals surface area contributed by atoms with E-state index >= 15 is 0 Å². The Morgan fingerprint density at radius 1 is 1.32 bits per heavy atom. The zero-order valence-electron chi connectivity index (χ0n) is 14.8. The monoisotopic (exact) mass is 343 g/mol. The van der Waals surface area contributed by atoms with Crippen LogP contribution in [0.2, 0.25) is 0 Å². The van der Waals surface area contributed by atoms with Crippen molar-refractivity contribution in [2.45, 2.75) is 51.7 Å². The lowest BCUT2D eigenvalue weighted by Gasteiger charge is -2.34. The Balaban J connectivity index is 1.60. The molecule has 0 aliphatic carbocycles. The van der Waals surface area contributed by atoms with Crippen molar-refractivity contribution in [1.29, 1.82) is 0 Å². The molecule has 7 nitrogen and oxygen atoms in total. The van der Waals surface area contributed by atoms with Gasteiger partial charge in [0.1, 0.15) is 6.33 Å². The number of hydrogen-bond donors (Lipinski definition) is 1. The highest BCUT2D eigenvalue weighted by Gasteiger charge is 2.28. The van der Waals surface area contributed by atoms with Crippen molar-refractivity contribution in [2.75, 3.05) is 6.61 Å². The maximum atomic E-state index is 12.5. The van der Waals surface area contributed by atoms with Crippen LogP contribution in [0.25, 0.3) is 5.69 Å². The third kappa shape index (κ3) is 4.22. The molecule has 0 saturated carbocycles. The van der Waals surface area contributed by atoms with Gasteiger partial charge >= 0.3 is 0 Å². The molecule has 1 aromatic carbocycles. The lowest BCUT2D eigenvalue weighted by molar-refractivity contribution is -0.0337. The van der Waals surface area contributed by atoms with Crippen LogP contribution in [0.3, 0.4) is 0 Å². The molecule has 2 aromatic rings. The minimum atomic E-state index is -0.0431. The van der Waals surface area contributed by atoms with E-state index in [1.165, 1.54) is 6.33 Å². The third-order valence-electron chi connectivity index (χ3n) is 4.97. The standard InChI is InChI=1S/C18H25N5O2/c1-3-13(4-2)17-11-15(9-10-25-17)20-18(24)14-5-7-16(8-6-14)23-12-19-21-22-23/h5-8,12-13,15,17H,3-4,9-11H2,1-2H3,(H,20,24)/t15-,17+/m1/s1. The molecule has 0 radical (unpaired) electrons. The highest BCUT2D eigenvalue weighted by Crippen LogP contribution is 2.25. The van der Waals surface area contributed by atoms with Crippen LogP contribution in [-0.2, 0) is 4.74 Å². The van der Waals surface area contributed by atoms with Gasteiger partial charge in [-0.2, -0.15) is 0 Å². The quantitative estimate of drug-likeness (QED) is 0.871. The summed E-state index contributed by atoms with van der Waals surface area (Å²) >= 11 is 0. The van der Waals surface area contributed by atoms with Crippen molar-refractivity contribution in [3.8, 4) is 5.69 Å². The van der Waals surface area contributed by atoms with Gasteiger partial charge in [-0.3, -0.25) is 4.79 Å². The maximum Gasteiger partial charge on any atom is 0.251 e. The first-order chi connectivity index (χ1) is 12.2. The molecule has 134 valence electrons. The van der Waals surface area contributed by atoms with Gasteiger partial charge in [0.25, 0.3) is 5.91 Å². The third-order valence-corrected chi connectivity index (χ3v) is 4.97. The maximum absolute atomic E-state index is 12.5. The molecule has 25 heavy (non-hydrogen) atoms. The van der Waals surface area contributed by atoms with Crippen LogP contribution in [-0.4, -0.2) is 44.9 Å². The largest absolute Gasteiger partial charge is 0.378 e. The van der Waals surface area contributed by atoms with E-state index in [0.717, 1.165) is 31.4 Å². The number of rotatable bonds is 6. The second kappa shape index (κ2) is 8.20. The van der Waals surface area contributed by atoms with Crippen LogP contribution in [0.1, 0.15) is 49.9 Å². The fourth-order valence-electron chi connectivity index (χ4n) is 3.42. The molecule has 0 spiro atoms. The van der Waals surface area contributed by atoms with Gasteiger partial charge in [-0.05, 0) is 53.5 Å². The number of carbonyl (C=O) groups is 1. The van der Waals surface area contributed by atoms with Gasteiger partial charge in [0.15, 0.2) is 0 Å². The highest BCUT2D eigenvalue weighted by molar-refractivity contribution is 5.94. The van der Waals surface area contributed by atoms with E-state index < -0.39 is 0 Å². The lowest BCUT2D eigenvalue weighted by atomic mass is 9.89. The van der Waals surface area contributed by atoms with Crippen LogP contribution >= 0.6 is 0 Å². The summed E-state index contributed by atoms with van der Waals surface area (Å²) in [6.07, 6.45) is 5.75. The van der Waals surface area contributed by atoms with Crippen molar-refractivity contribution in [3.63, 3.8) is 0 Å². The highest BCUT2D eigenvalue weighted by atomic mass is 16.5. The summed E-state index contributed by atoms with van der Waals surface area (Å²) in [4.78, 5) is 12.5. The van der Waals surface area contributed by atoms with Crippen LogP contribution in [0.15, 0.2) is 30.6 Å². The number of tetrazole rings is 1. The Kier molecular flexibility index (Phi) is 5.75. The fourth-order valence-corrected chi connectivity index (χ4v) is 3.42. The molecule has 0 unspecified atom stereocenters. The van der Waals surface area contributed by atoms with Crippen LogP contribution < -0.4 is 5.32 Å². The Hall–Kier alpha value is -2.28. The number of amides is 1. The number of nitrogens with zero attached hydrogens (tertiary/aromatic N) is 4. The predicted octanol–water partition coefficient (Wildman–Crippen LogP) is 2.38. The Morgan fingerprint density at radius 2 is 2.08 bits per heavy atom. The summed E-state index contributed by atoms with van der Waals surface area (Å²) in [5.41, 5.74) is 1.46. The van der Waals surface area contributed by atoms with E-state index in [9.17, 15) is 4.79 Å². The number of nitrogens with one attached hydrogen (secondary N) is 1. The van der Waals surface area contributed by atoms with Crippen molar-refractivity contribution >= 4 is 5.91 Å². The van der Waals surface area contributed by atoms with Crippen molar-refractivity contribution < 1.29 is 9.53 Å². The smallest absolute Gasteiger partial charge is 0.251 e. The Labute approximate surface area is 147 Å². The van der Waals surface area contributed by atoms with Crippen LogP contribution in [0, 0.1) is 5.92 Å². The molecule has 1 aliphatic heterocycles. The van der Waals surface area contributed by atoms with E-state index in [0.29, 0.717) is 18.1 Å². The molecular formula is C18H25N5O2. The Morgan fingerprint density at radius 3 is 2.72 bits per heavy atom. The summed E-state index contributed by atoms with van der Waals surface area (Å²) in [6, 6.07) is 7.43. The summed E-state index contributed by atoms with van der Waals surface area (Å²) in [5.74, 6) is 0.522. The molecule has 2 atom stereocenters. The minimum absolute atomic E-state index is 0.0431. The molecule has 7 heteroatoms. The van der Waals surface area contributed by atoms with Gasteiger partial charge in [-0.1, -0.05) is 26.7 Å². The van der Waals surface area contributed by atoms with Crippen LogP contribution in [0.5, 0.6) is 0 Å². The molecular weight excluding hydrogens is 318 g/mol. The first-order valence-electron chi connectivity index (χ1n) is 8.97. The summed E-state index contributed by atoms with van der Waals surface area (Å²) < 4.78 is 7.48. The first kappa shape index (κ1) is 17.5. The molecule has 2 heterocycles. The first-order valence-corrected chi connectivity index (χ1v) is 8.97. The second-order valence-corrected chi connectivity index (χ2v) is 6.48. The predicted molar refractivity (Wildman–Crippen MR) is 93.5 cm³/mol. The molecule has 3 rings (SSSR count). The normalized spacial score (nSPS) is 20.6. The SMILES string of the molecule is CCC(CC)[C@@H]1C[C@H](NC(=O)c2ccc(-n3cnnn3)cc2)CCO1. The lowest BCUT2D eigenvalue weighted by Crippen LogP contribution is -2.44. The van der Waals surface area contributed by atoms with Gasteiger partial charge in [0, 0.05) is 18.2 Å². The minimum Gasteiger partial charge on any atom is -0.378 e. The topological polar surface area (TPSA) is 81.9 Å². The van der Waals surface area contributed by atoms with Gasteiger partial charge in [0.2, 0.25) is 0 Å². The van der Waals surface area contributed by atoms with E-state index in [2.05, 4.69) is 34.7 Å². The summed E-state index contributed by atoms with van der Waals surface area (Å²) in [5, 5.41) is 14.2. The number of carbonyl (C=O) groups excluding carboxylic acids is 1. The summed E-state index contributed by atoms with van der Waals surface area (Å²) in [7, 11) is 0. The van der Waals surface area contributed by atoms with Crippen molar-refractivity contribution in [1.82, 2.24) is 25.5 Å². The van der Waals surface area contributed by atoms with E-state index in [4.69, 9.17) is 4.74 Å². The number of hydrogen-bond acceptors (Lipinski definition) is 5. The van der Waals surface area contributed by atoms with E-state index in [1.54, 1.807) is 16.8 Å². The number of benzene rings is 1.